The van der Waals surface area contributed by atoms with Crippen molar-refractivity contribution in [1.29, 1.82) is 0 Å². The van der Waals surface area contributed by atoms with Crippen LogP contribution in [0.5, 0.6) is 5.75 Å². The van der Waals surface area contributed by atoms with Crippen LogP contribution in [0.3, 0.4) is 0 Å². The summed E-state index contributed by atoms with van der Waals surface area (Å²) in [5.41, 5.74) is 3.32. The molecule has 4 rings (SSSR count). The van der Waals surface area contributed by atoms with Gasteiger partial charge in [-0.05, 0) is 52.0 Å². The van der Waals surface area contributed by atoms with E-state index in [1.165, 1.54) is 16.9 Å². The summed E-state index contributed by atoms with van der Waals surface area (Å²) in [5.74, 6) is 1.12. The second-order valence-corrected chi connectivity index (χ2v) is 8.65. The molecule has 0 fully saturated rings. The predicted molar refractivity (Wildman–Crippen MR) is 123 cm³/mol. The van der Waals surface area contributed by atoms with Crippen LogP contribution in [0.25, 0.3) is 0 Å². The number of benzene rings is 2. The van der Waals surface area contributed by atoms with Gasteiger partial charge in [0.2, 0.25) is 0 Å². The molecule has 7 heteroatoms. The number of nitrogens with one attached hydrogen (secondary N) is 1. The van der Waals surface area contributed by atoms with Crippen molar-refractivity contribution in [3.8, 4) is 5.75 Å². The lowest BCUT2D eigenvalue weighted by atomic mass is 10.1. The van der Waals surface area contributed by atoms with E-state index in [0.717, 1.165) is 21.3 Å². The number of carbonyl (C=O) groups excluding carboxylic acids is 1. The topological polar surface area (TPSA) is 56.2 Å². The summed E-state index contributed by atoms with van der Waals surface area (Å²) in [6, 6.07) is 19.8. The number of halogens is 1. The largest absolute Gasteiger partial charge is 0.489 e. The van der Waals surface area contributed by atoms with Gasteiger partial charge in [0, 0.05) is 11.8 Å². The molecule has 2 aromatic carbocycles. The van der Waals surface area contributed by atoms with E-state index in [1.807, 2.05) is 48.0 Å². The van der Waals surface area contributed by atoms with Crippen LogP contribution in [-0.2, 0) is 13.2 Å². The Morgan fingerprint density at radius 3 is 2.67 bits per heavy atom. The standard InChI is InChI=1S/C23H20BrN3O2S/c1-16-7-9-17(10-8-16)12-27-13-20(24)22(26-27)25-23(28)21-11-18(15-30-21)14-29-19-5-3-2-4-6-19/h2-11,13,15H,12,14H2,1H3,(H,25,26,28). The Morgan fingerprint density at radius 2 is 1.90 bits per heavy atom. The molecule has 1 N–H and O–H groups in total. The molecule has 2 heterocycles. The quantitative estimate of drug-likeness (QED) is 0.357. The number of aryl methyl sites for hydroxylation is 1. The lowest BCUT2D eigenvalue weighted by molar-refractivity contribution is 0.103. The number of anilines is 1. The third-order valence-electron chi connectivity index (χ3n) is 4.44. The number of aromatic nitrogens is 2. The number of thiophene rings is 1. The summed E-state index contributed by atoms with van der Waals surface area (Å²) in [6.45, 7) is 3.11. The molecule has 5 nitrogen and oxygen atoms in total. The SMILES string of the molecule is Cc1ccc(Cn2cc(Br)c(NC(=O)c3cc(COc4ccccc4)cs3)n2)cc1. The number of nitrogens with zero attached hydrogens (tertiary/aromatic N) is 2. The van der Waals surface area contributed by atoms with Crippen molar-refractivity contribution < 1.29 is 9.53 Å². The van der Waals surface area contributed by atoms with E-state index in [-0.39, 0.29) is 5.91 Å². The Kier molecular flexibility index (Phi) is 6.30. The minimum Gasteiger partial charge on any atom is -0.489 e. The first-order valence-corrected chi connectivity index (χ1v) is 11.1. The van der Waals surface area contributed by atoms with Crippen molar-refractivity contribution in [1.82, 2.24) is 9.78 Å². The number of amides is 1. The molecule has 1 amide bonds. The van der Waals surface area contributed by atoms with E-state index in [1.54, 1.807) is 4.68 Å². The zero-order chi connectivity index (χ0) is 20.9. The Bertz CT molecular complexity index is 1140. The molecule has 0 aliphatic carbocycles. The Balaban J connectivity index is 1.37. The van der Waals surface area contributed by atoms with Gasteiger partial charge in [0.05, 0.1) is 15.9 Å². The zero-order valence-electron chi connectivity index (χ0n) is 16.3. The van der Waals surface area contributed by atoms with Gasteiger partial charge in [0.15, 0.2) is 5.82 Å². The molecule has 0 unspecified atom stereocenters. The van der Waals surface area contributed by atoms with E-state index in [4.69, 9.17) is 4.74 Å². The summed E-state index contributed by atoms with van der Waals surface area (Å²) in [5, 5.41) is 9.31. The van der Waals surface area contributed by atoms with Crippen molar-refractivity contribution >= 4 is 39.0 Å². The summed E-state index contributed by atoms with van der Waals surface area (Å²) >= 11 is 4.87. The highest BCUT2D eigenvalue weighted by Gasteiger charge is 2.14. The third kappa shape index (κ3) is 5.17. The number of carbonyl (C=O) groups is 1. The molecular formula is C23H20BrN3O2S. The molecule has 0 saturated carbocycles. The zero-order valence-corrected chi connectivity index (χ0v) is 18.7. The van der Waals surface area contributed by atoms with Gasteiger partial charge in [0.25, 0.3) is 5.91 Å². The Morgan fingerprint density at radius 1 is 1.13 bits per heavy atom. The maximum Gasteiger partial charge on any atom is 0.266 e. The average molecular weight is 482 g/mol. The van der Waals surface area contributed by atoms with Crippen LogP contribution in [0.2, 0.25) is 0 Å². The van der Waals surface area contributed by atoms with Crippen LogP contribution < -0.4 is 10.1 Å². The molecule has 0 bridgehead atoms. The van der Waals surface area contributed by atoms with E-state index >= 15 is 0 Å². The molecule has 0 spiro atoms. The van der Waals surface area contributed by atoms with Gasteiger partial charge in [-0.2, -0.15) is 5.10 Å². The molecule has 2 aromatic heterocycles. The van der Waals surface area contributed by atoms with Crippen LogP contribution >= 0.6 is 27.3 Å². The van der Waals surface area contributed by atoms with Crippen LogP contribution in [-0.4, -0.2) is 15.7 Å². The monoisotopic (exact) mass is 481 g/mol. The van der Waals surface area contributed by atoms with Gasteiger partial charge in [-0.3, -0.25) is 9.48 Å². The van der Waals surface area contributed by atoms with E-state index < -0.39 is 0 Å². The molecule has 0 saturated heterocycles. The van der Waals surface area contributed by atoms with Gasteiger partial charge >= 0.3 is 0 Å². The van der Waals surface area contributed by atoms with E-state index in [0.29, 0.717) is 23.8 Å². The maximum atomic E-state index is 12.6. The summed E-state index contributed by atoms with van der Waals surface area (Å²) in [7, 11) is 0. The smallest absolute Gasteiger partial charge is 0.266 e. The first-order chi connectivity index (χ1) is 14.6. The third-order valence-corrected chi connectivity index (χ3v) is 6.00. The lowest BCUT2D eigenvalue weighted by Gasteiger charge is -2.04. The molecular weight excluding hydrogens is 462 g/mol. The van der Waals surface area contributed by atoms with Gasteiger partial charge in [-0.25, -0.2) is 0 Å². The maximum absolute atomic E-state index is 12.6. The lowest BCUT2D eigenvalue weighted by Crippen LogP contribution is -2.11. The number of hydrogen-bond donors (Lipinski definition) is 1. The van der Waals surface area contributed by atoms with Crippen LogP contribution in [0, 0.1) is 6.92 Å². The predicted octanol–water partition coefficient (Wildman–Crippen LogP) is 5.90. The first-order valence-electron chi connectivity index (χ1n) is 9.42. The molecule has 152 valence electrons. The number of hydrogen-bond acceptors (Lipinski definition) is 4. The minimum atomic E-state index is -0.188. The van der Waals surface area contributed by atoms with Gasteiger partial charge in [0.1, 0.15) is 12.4 Å². The number of ether oxygens (including phenoxy) is 1. The Labute approximate surface area is 187 Å². The fourth-order valence-electron chi connectivity index (χ4n) is 2.87. The minimum absolute atomic E-state index is 0.188. The normalized spacial score (nSPS) is 10.7. The highest BCUT2D eigenvalue weighted by molar-refractivity contribution is 9.10. The van der Waals surface area contributed by atoms with Crippen LogP contribution in [0.15, 0.2) is 76.7 Å². The van der Waals surface area contributed by atoms with E-state index in [2.05, 4.69) is 57.5 Å². The molecule has 4 aromatic rings. The fourth-order valence-corrected chi connectivity index (χ4v) is 4.07. The van der Waals surface area contributed by atoms with Crippen molar-refractivity contribution in [2.45, 2.75) is 20.1 Å². The van der Waals surface area contributed by atoms with Crippen molar-refractivity contribution in [2.24, 2.45) is 0 Å². The molecule has 0 radical (unpaired) electrons. The average Bonchev–Trinajstić information content (AvgIpc) is 3.36. The second kappa shape index (κ2) is 9.28. The van der Waals surface area contributed by atoms with Crippen LogP contribution in [0.1, 0.15) is 26.4 Å². The van der Waals surface area contributed by atoms with E-state index in [9.17, 15) is 4.79 Å². The van der Waals surface area contributed by atoms with Gasteiger partial charge < -0.3 is 10.1 Å². The first kappa shape index (κ1) is 20.4. The molecule has 30 heavy (non-hydrogen) atoms. The molecule has 0 aliphatic rings. The molecule has 0 atom stereocenters. The number of rotatable bonds is 7. The highest BCUT2D eigenvalue weighted by atomic mass is 79.9. The van der Waals surface area contributed by atoms with Crippen LogP contribution in [0.4, 0.5) is 5.82 Å². The van der Waals surface area contributed by atoms with Gasteiger partial charge in [-0.1, -0.05) is 48.0 Å². The summed E-state index contributed by atoms with van der Waals surface area (Å²) in [6.07, 6.45) is 1.86. The second-order valence-electron chi connectivity index (χ2n) is 6.88. The Hall–Kier alpha value is -2.90. The van der Waals surface area contributed by atoms with Crippen molar-refractivity contribution in [2.75, 3.05) is 5.32 Å². The van der Waals surface area contributed by atoms with Crippen molar-refractivity contribution in [3.63, 3.8) is 0 Å². The highest BCUT2D eigenvalue weighted by Crippen LogP contribution is 2.23. The summed E-state index contributed by atoms with van der Waals surface area (Å²) in [4.78, 5) is 13.3. The number of para-hydroxylation sites is 1. The van der Waals surface area contributed by atoms with Crippen molar-refractivity contribution in [3.05, 3.63) is 98.3 Å². The summed E-state index contributed by atoms with van der Waals surface area (Å²) < 4.78 is 8.29. The fraction of sp³-hybridized carbons (Fsp3) is 0.130. The molecule has 0 aliphatic heterocycles. The van der Waals surface area contributed by atoms with Gasteiger partial charge in [-0.15, -0.1) is 11.3 Å².